The molecule has 6 heteroatoms. The zero-order valence-electron chi connectivity index (χ0n) is 20.9. The van der Waals surface area contributed by atoms with Crippen LogP contribution in [0.25, 0.3) is 11.1 Å². The largest absolute Gasteiger partial charge is 0.416 e. The minimum Gasteiger partial charge on any atom is -0.337 e. The first-order valence-corrected chi connectivity index (χ1v) is 12.5. The Morgan fingerprint density at radius 1 is 0.667 bits per heavy atom. The molecule has 5 rings (SSSR count). The van der Waals surface area contributed by atoms with Crippen LogP contribution in [0.4, 0.5) is 13.2 Å². The number of nitrogens with zero attached hydrogens (tertiary/aromatic N) is 1. The quantitative estimate of drug-likeness (QED) is 0.238. The molecule has 1 N–H and O–H groups in total. The molecule has 1 amide bonds. The van der Waals surface area contributed by atoms with E-state index in [1.807, 2.05) is 72.8 Å². The number of carbonyl (C=O) groups is 1. The van der Waals surface area contributed by atoms with Gasteiger partial charge in [-0.2, -0.15) is 13.2 Å². The number of amides is 1. The lowest BCUT2D eigenvalue weighted by Crippen LogP contribution is -2.49. The van der Waals surface area contributed by atoms with E-state index in [9.17, 15) is 18.0 Å². The Balaban J connectivity index is 1.61. The van der Waals surface area contributed by atoms with E-state index in [4.69, 9.17) is 0 Å². The first-order chi connectivity index (χ1) is 18.8. The van der Waals surface area contributed by atoms with E-state index in [1.165, 1.54) is 6.07 Å². The third-order valence-corrected chi connectivity index (χ3v) is 6.68. The maximum atomic E-state index is 13.8. The van der Waals surface area contributed by atoms with Crippen LogP contribution in [-0.4, -0.2) is 10.9 Å². The van der Waals surface area contributed by atoms with Crippen molar-refractivity contribution in [3.05, 3.63) is 162 Å². The summed E-state index contributed by atoms with van der Waals surface area (Å²) in [4.78, 5) is 18.3. The molecular weight excluding hydrogens is 497 g/mol. The van der Waals surface area contributed by atoms with E-state index >= 15 is 0 Å². The first-order valence-electron chi connectivity index (χ1n) is 12.5. The highest BCUT2D eigenvalue weighted by Gasteiger charge is 2.40. The highest BCUT2D eigenvalue weighted by molar-refractivity contribution is 5.95. The Morgan fingerprint density at radius 2 is 1.28 bits per heavy atom. The molecule has 0 saturated heterocycles. The average Bonchev–Trinajstić information content (AvgIpc) is 2.98. The van der Waals surface area contributed by atoms with Gasteiger partial charge in [0.2, 0.25) is 0 Å². The van der Waals surface area contributed by atoms with E-state index in [0.29, 0.717) is 11.3 Å². The van der Waals surface area contributed by atoms with Gasteiger partial charge >= 0.3 is 6.18 Å². The summed E-state index contributed by atoms with van der Waals surface area (Å²) >= 11 is 0. The van der Waals surface area contributed by atoms with Gasteiger partial charge in [0.15, 0.2) is 0 Å². The lowest BCUT2D eigenvalue weighted by Gasteiger charge is -2.36. The minimum atomic E-state index is -4.55. The number of hydrogen-bond acceptors (Lipinski definition) is 2. The van der Waals surface area contributed by atoms with Gasteiger partial charge in [0.1, 0.15) is 5.54 Å². The summed E-state index contributed by atoms with van der Waals surface area (Å²) in [6.07, 6.45) is -2.78. The molecule has 5 aromatic rings. The maximum Gasteiger partial charge on any atom is 0.416 e. The topological polar surface area (TPSA) is 42.0 Å². The summed E-state index contributed by atoms with van der Waals surface area (Å²) in [5, 5.41) is 3.10. The molecule has 0 saturated carbocycles. The smallest absolute Gasteiger partial charge is 0.337 e. The van der Waals surface area contributed by atoms with E-state index in [2.05, 4.69) is 10.3 Å². The van der Waals surface area contributed by atoms with Crippen molar-refractivity contribution in [3.63, 3.8) is 0 Å². The molecule has 1 aromatic heterocycles. The van der Waals surface area contributed by atoms with Crippen molar-refractivity contribution in [2.45, 2.75) is 18.1 Å². The fraction of sp³-hybridized carbons (Fsp3) is 0.0909. The molecule has 0 aliphatic rings. The highest BCUT2D eigenvalue weighted by atomic mass is 19.4. The molecule has 0 bridgehead atoms. The van der Waals surface area contributed by atoms with Gasteiger partial charge in [-0.3, -0.25) is 9.78 Å². The monoisotopic (exact) mass is 522 g/mol. The summed E-state index contributed by atoms with van der Waals surface area (Å²) in [5.74, 6) is -0.423. The summed E-state index contributed by atoms with van der Waals surface area (Å²) in [6, 6.07) is 36.6. The Labute approximate surface area is 225 Å². The van der Waals surface area contributed by atoms with Crippen molar-refractivity contribution in [1.82, 2.24) is 10.3 Å². The molecule has 3 nitrogen and oxygen atoms in total. The van der Waals surface area contributed by atoms with Crippen LogP contribution in [0.2, 0.25) is 0 Å². The molecule has 0 spiro atoms. The number of halogens is 3. The Bertz CT molecular complexity index is 1540. The van der Waals surface area contributed by atoms with Crippen LogP contribution in [-0.2, 0) is 18.1 Å². The van der Waals surface area contributed by atoms with E-state index in [-0.39, 0.29) is 12.0 Å². The molecule has 0 aliphatic heterocycles. The van der Waals surface area contributed by atoms with Gasteiger partial charge in [0.25, 0.3) is 5.91 Å². The molecule has 194 valence electrons. The van der Waals surface area contributed by atoms with Gasteiger partial charge in [-0.25, -0.2) is 0 Å². The number of pyridine rings is 1. The van der Waals surface area contributed by atoms with E-state index < -0.39 is 23.2 Å². The Morgan fingerprint density at radius 3 is 1.92 bits per heavy atom. The van der Waals surface area contributed by atoms with Gasteiger partial charge < -0.3 is 5.32 Å². The van der Waals surface area contributed by atoms with E-state index in [0.717, 1.165) is 28.8 Å². The number of carbonyl (C=O) groups excluding carboxylic acids is 1. The predicted molar refractivity (Wildman–Crippen MR) is 146 cm³/mol. The third kappa shape index (κ3) is 5.75. The van der Waals surface area contributed by atoms with Crippen molar-refractivity contribution >= 4 is 5.91 Å². The summed E-state index contributed by atoms with van der Waals surface area (Å²) in [6.45, 7) is 0. The number of nitrogens with one attached hydrogen (secondary N) is 1. The fourth-order valence-corrected chi connectivity index (χ4v) is 4.71. The van der Waals surface area contributed by atoms with Crippen molar-refractivity contribution in [2.75, 3.05) is 0 Å². The van der Waals surface area contributed by atoms with Crippen LogP contribution in [0.15, 0.2) is 134 Å². The van der Waals surface area contributed by atoms with E-state index in [1.54, 1.807) is 42.6 Å². The molecule has 0 aliphatic carbocycles. The summed E-state index contributed by atoms with van der Waals surface area (Å²) < 4.78 is 41.4. The molecule has 0 fully saturated rings. The predicted octanol–water partition coefficient (Wildman–Crippen LogP) is 7.68. The lowest BCUT2D eigenvalue weighted by atomic mass is 9.79. The lowest BCUT2D eigenvalue weighted by molar-refractivity contribution is -0.137. The normalized spacial score (nSPS) is 12.9. The van der Waals surface area contributed by atoms with Crippen LogP contribution in [0.1, 0.15) is 32.7 Å². The van der Waals surface area contributed by atoms with Gasteiger partial charge in [-0.1, -0.05) is 91.0 Å². The van der Waals surface area contributed by atoms with Gasteiger partial charge in [-0.05, 0) is 58.7 Å². The molecule has 1 heterocycles. The van der Waals surface area contributed by atoms with Crippen LogP contribution in [0.3, 0.4) is 0 Å². The second kappa shape index (κ2) is 11.0. The zero-order chi connectivity index (χ0) is 27.3. The van der Waals surface area contributed by atoms with Crippen LogP contribution < -0.4 is 5.32 Å². The fourth-order valence-electron chi connectivity index (χ4n) is 4.71. The van der Waals surface area contributed by atoms with Gasteiger partial charge in [-0.15, -0.1) is 0 Å². The summed E-state index contributed by atoms with van der Waals surface area (Å²) in [7, 11) is 0. The van der Waals surface area contributed by atoms with Crippen LogP contribution in [0, 0.1) is 0 Å². The van der Waals surface area contributed by atoms with Gasteiger partial charge in [0.05, 0.1) is 11.3 Å². The SMILES string of the molecule is O=C(NC(Cc1ccccc1)(c1cccc(C(F)(F)F)c1)c1ccccn1)c1ccc(-c2ccccc2)cc1. The minimum absolute atomic E-state index is 0.194. The number of aromatic nitrogens is 1. The second-order valence-electron chi connectivity index (χ2n) is 9.26. The number of benzene rings is 4. The molecule has 4 aromatic carbocycles. The van der Waals surface area contributed by atoms with Crippen molar-refractivity contribution in [3.8, 4) is 11.1 Å². The number of alkyl halides is 3. The van der Waals surface area contributed by atoms with Crippen molar-refractivity contribution in [2.24, 2.45) is 0 Å². The summed E-state index contributed by atoms with van der Waals surface area (Å²) in [5.41, 5.74) is 1.73. The Hall–Kier alpha value is -4.71. The van der Waals surface area contributed by atoms with Gasteiger partial charge in [0, 0.05) is 18.2 Å². The molecule has 1 atom stereocenters. The van der Waals surface area contributed by atoms with Crippen molar-refractivity contribution in [1.29, 1.82) is 0 Å². The first kappa shape index (κ1) is 25.9. The zero-order valence-corrected chi connectivity index (χ0v) is 20.9. The standard InChI is InChI=1S/C33H25F3N2O/c34-33(35,36)29-15-9-14-28(22-29)32(30-16-7-8-21-37-30,23-24-10-3-1-4-11-24)38-31(39)27-19-17-26(18-20-27)25-12-5-2-6-13-25/h1-22H,23H2,(H,38,39). The molecule has 0 radical (unpaired) electrons. The highest BCUT2D eigenvalue weighted by Crippen LogP contribution is 2.37. The van der Waals surface area contributed by atoms with Crippen LogP contribution >= 0.6 is 0 Å². The third-order valence-electron chi connectivity index (χ3n) is 6.68. The Kier molecular flexibility index (Phi) is 7.28. The number of rotatable bonds is 7. The second-order valence-corrected chi connectivity index (χ2v) is 9.26. The average molecular weight is 523 g/mol. The molecule has 1 unspecified atom stereocenters. The maximum absolute atomic E-state index is 13.8. The molecule has 39 heavy (non-hydrogen) atoms. The van der Waals surface area contributed by atoms with Crippen LogP contribution in [0.5, 0.6) is 0 Å². The molecular formula is C33H25F3N2O. The van der Waals surface area contributed by atoms with Crippen molar-refractivity contribution < 1.29 is 18.0 Å². The number of hydrogen-bond donors (Lipinski definition) is 1.